The van der Waals surface area contributed by atoms with E-state index in [-0.39, 0.29) is 11.3 Å². The zero-order chi connectivity index (χ0) is 42.5. The molecule has 0 saturated heterocycles. The topological polar surface area (TPSA) is 23.6 Å². The van der Waals surface area contributed by atoms with Crippen LogP contribution < -0.4 is 14.6 Å². The Balaban J connectivity index is 0.992. The van der Waals surface area contributed by atoms with Gasteiger partial charge in [0.25, 0.3) is 0 Å². The Morgan fingerprint density at radius 1 is 0.460 bits per heavy atom. The molecule has 9 aromatic carbocycles. The summed E-state index contributed by atoms with van der Waals surface area (Å²) in [5, 5.41) is 0.778. The lowest BCUT2D eigenvalue weighted by Gasteiger charge is -2.33. The summed E-state index contributed by atoms with van der Waals surface area (Å²) < 4.78 is 20.2. The molecule has 0 aromatic heterocycles. The molecule has 0 amide bonds. The van der Waals surface area contributed by atoms with Crippen LogP contribution in [0.15, 0.2) is 231 Å². The van der Waals surface area contributed by atoms with Crippen LogP contribution in [0.2, 0.25) is 0 Å². The Morgan fingerprint density at radius 2 is 0.968 bits per heavy atom. The van der Waals surface area contributed by atoms with Crippen LogP contribution in [0.25, 0.3) is 33.4 Å². The first-order chi connectivity index (χ1) is 30.9. The molecule has 0 fully saturated rings. The Labute approximate surface area is 371 Å². The highest BCUT2D eigenvalue weighted by Gasteiger charge is 2.49. The van der Waals surface area contributed by atoms with Crippen molar-refractivity contribution in [1.82, 2.24) is 0 Å². The summed E-state index contributed by atoms with van der Waals surface area (Å²) in [7, 11) is -3.45. The summed E-state index contributed by atoms with van der Waals surface area (Å²) in [6.45, 7) is 4.73. The molecule has 0 saturated carbocycles. The van der Waals surface area contributed by atoms with Gasteiger partial charge in [0.05, 0.1) is 16.7 Å². The summed E-state index contributed by atoms with van der Waals surface area (Å²) >= 11 is 0. The zero-order valence-electron chi connectivity index (χ0n) is 35.5. The van der Waals surface area contributed by atoms with Crippen LogP contribution in [0.3, 0.4) is 0 Å². The number of anilines is 4. The molecule has 2 aliphatic rings. The molecule has 0 bridgehead atoms. The minimum Gasteiger partial charge on any atom is -0.270 e. The SMILES string of the molecule is CC1(C)c2ccccc2-c2c(C(Cc3ccc(-c4ccc5c(c4)N(c4ccccc4)P(=O)(c4ccccc4)N5c4ccccc4)cc3)c3ccc(-c4ccccc4)cc3)cccc21. The van der Waals surface area contributed by atoms with Crippen molar-refractivity contribution in [1.29, 1.82) is 0 Å². The second kappa shape index (κ2) is 15.6. The van der Waals surface area contributed by atoms with Gasteiger partial charge < -0.3 is 0 Å². The van der Waals surface area contributed by atoms with Gasteiger partial charge in [-0.15, -0.1) is 0 Å². The highest BCUT2D eigenvalue weighted by molar-refractivity contribution is 7.76. The molecule has 304 valence electrons. The van der Waals surface area contributed by atoms with Crippen LogP contribution in [-0.2, 0) is 16.4 Å². The first kappa shape index (κ1) is 38.7. The lowest BCUT2D eigenvalue weighted by Crippen LogP contribution is -2.26. The Morgan fingerprint density at radius 3 is 1.63 bits per heavy atom. The molecular formula is C59H47N2OP. The zero-order valence-corrected chi connectivity index (χ0v) is 36.4. The van der Waals surface area contributed by atoms with Crippen molar-refractivity contribution >= 4 is 35.5 Å². The number of nitrogens with zero attached hydrogens (tertiary/aromatic N) is 2. The maximum absolute atomic E-state index is 16.1. The van der Waals surface area contributed by atoms with Gasteiger partial charge in [-0.05, 0) is 116 Å². The molecule has 11 rings (SSSR count). The quantitative estimate of drug-likeness (QED) is 0.135. The lowest BCUT2D eigenvalue weighted by molar-refractivity contribution is 0.582. The van der Waals surface area contributed by atoms with E-state index in [1.165, 1.54) is 50.1 Å². The molecule has 63 heavy (non-hydrogen) atoms. The van der Waals surface area contributed by atoms with Crippen molar-refractivity contribution in [2.45, 2.75) is 31.6 Å². The van der Waals surface area contributed by atoms with Gasteiger partial charge >= 0.3 is 7.44 Å². The molecule has 4 heteroatoms. The summed E-state index contributed by atoms with van der Waals surface area (Å²) in [5.41, 5.74) is 17.6. The van der Waals surface area contributed by atoms with E-state index in [9.17, 15) is 0 Å². The summed E-state index contributed by atoms with van der Waals surface area (Å²) in [5.74, 6) is 0.133. The maximum atomic E-state index is 16.1. The minimum absolute atomic E-state index is 0.0792. The summed E-state index contributed by atoms with van der Waals surface area (Å²) in [6.07, 6.45) is 0.849. The van der Waals surface area contributed by atoms with E-state index in [0.717, 1.165) is 45.6 Å². The largest absolute Gasteiger partial charge is 0.301 e. The molecule has 3 nitrogen and oxygen atoms in total. The second-order valence-corrected chi connectivity index (χ2v) is 19.7. The van der Waals surface area contributed by atoms with E-state index in [4.69, 9.17) is 0 Å². The van der Waals surface area contributed by atoms with E-state index in [1.807, 2.05) is 66.7 Å². The van der Waals surface area contributed by atoms with Gasteiger partial charge in [0.15, 0.2) is 0 Å². The van der Waals surface area contributed by atoms with Crippen molar-refractivity contribution in [3.63, 3.8) is 0 Å². The number of fused-ring (bicyclic) bond motifs is 4. The third-order valence-electron chi connectivity index (χ3n) is 13.2. The van der Waals surface area contributed by atoms with Crippen LogP contribution in [0.5, 0.6) is 0 Å². The van der Waals surface area contributed by atoms with Gasteiger partial charge in [-0.25, -0.2) is 0 Å². The van der Waals surface area contributed by atoms with Crippen molar-refractivity contribution < 1.29 is 4.57 Å². The highest BCUT2D eigenvalue weighted by atomic mass is 31.2. The number of para-hydroxylation sites is 2. The molecule has 0 radical (unpaired) electrons. The van der Waals surface area contributed by atoms with E-state index in [2.05, 4.69) is 187 Å². The molecule has 2 unspecified atom stereocenters. The predicted octanol–water partition coefficient (Wildman–Crippen LogP) is 15.5. The normalized spacial score (nSPS) is 16.3. The van der Waals surface area contributed by atoms with Crippen LogP contribution in [0.4, 0.5) is 22.7 Å². The molecule has 1 aliphatic carbocycles. The van der Waals surface area contributed by atoms with E-state index < -0.39 is 7.44 Å². The van der Waals surface area contributed by atoms with Gasteiger partial charge in [-0.1, -0.05) is 196 Å². The maximum Gasteiger partial charge on any atom is 0.301 e. The molecule has 9 aromatic rings. The molecule has 1 aliphatic heterocycles. The lowest BCUT2D eigenvalue weighted by atomic mass is 9.79. The van der Waals surface area contributed by atoms with Crippen LogP contribution >= 0.6 is 7.44 Å². The predicted molar refractivity (Wildman–Crippen MR) is 264 cm³/mol. The minimum atomic E-state index is -3.45. The Hall–Kier alpha value is -7.19. The fourth-order valence-corrected chi connectivity index (χ4v) is 13.1. The molecule has 2 atom stereocenters. The van der Waals surface area contributed by atoms with Crippen molar-refractivity contribution in [3.8, 4) is 33.4 Å². The number of hydrogen-bond donors (Lipinski definition) is 0. The number of hydrogen-bond acceptors (Lipinski definition) is 1. The highest BCUT2D eigenvalue weighted by Crippen LogP contribution is 2.70. The van der Waals surface area contributed by atoms with Crippen molar-refractivity contribution in [2.75, 3.05) is 9.34 Å². The fraction of sp³-hybridized carbons (Fsp3) is 0.0847. The van der Waals surface area contributed by atoms with Crippen molar-refractivity contribution in [3.05, 3.63) is 258 Å². The molecular weight excluding hydrogens is 784 g/mol. The van der Waals surface area contributed by atoms with E-state index in [0.29, 0.717) is 0 Å². The van der Waals surface area contributed by atoms with E-state index >= 15 is 4.57 Å². The second-order valence-electron chi connectivity index (χ2n) is 17.3. The van der Waals surface area contributed by atoms with Crippen LogP contribution in [-0.4, -0.2) is 0 Å². The van der Waals surface area contributed by atoms with Gasteiger partial charge in [-0.3, -0.25) is 13.9 Å². The smallest absolute Gasteiger partial charge is 0.270 e. The van der Waals surface area contributed by atoms with Gasteiger partial charge in [0.2, 0.25) is 0 Å². The number of rotatable bonds is 9. The summed E-state index contributed by atoms with van der Waals surface area (Å²) in [4.78, 5) is 0. The molecule has 1 heterocycles. The van der Waals surface area contributed by atoms with Crippen LogP contribution in [0.1, 0.15) is 47.6 Å². The summed E-state index contributed by atoms with van der Waals surface area (Å²) in [6, 6.07) is 81.7. The fourth-order valence-electron chi connectivity index (χ4n) is 10.1. The third-order valence-corrected chi connectivity index (χ3v) is 16.2. The standard InChI is InChI=1S/C59H47N2OP/c1-59(2)54-28-16-15-26-52(54)58-51(27-17-29-55(58)59)53(46-36-34-44(35-37-46)43-18-7-3-8-19-43)40-42-30-32-45(33-31-42)47-38-39-56-57(41-47)61(49-22-11-5-12-23-49)63(62,50-24-13-6-14-25-50)60(56)48-20-9-4-10-21-48/h3-39,41,53H,40H2,1-2H3. The van der Waals surface area contributed by atoms with E-state index in [1.54, 1.807) is 0 Å². The Kier molecular flexibility index (Phi) is 9.60. The first-order valence-corrected chi connectivity index (χ1v) is 23.5. The molecule has 0 spiro atoms. The average molecular weight is 831 g/mol. The monoisotopic (exact) mass is 830 g/mol. The third kappa shape index (κ3) is 6.55. The van der Waals surface area contributed by atoms with Crippen molar-refractivity contribution in [2.24, 2.45) is 0 Å². The molecule has 0 N–H and O–H groups in total. The Bertz CT molecular complexity index is 3130. The van der Waals surface area contributed by atoms with Gasteiger partial charge in [0, 0.05) is 22.7 Å². The number of benzene rings is 9. The van der Waals surface area contributed by atoms with Crippen LogP contribution in [0, 0.1) is 0 Å². The first-order valence-electron chi connectivity index (χ1n) is 21.9. The average Bonchev–Trinajstić information content (AvgIpc) is 3.76. The van der Waals surface area contributed by atoms with Gasteiger partial charge in [0.1, 0.15) is 0 Å². The van der Waals surface area contributed by atoms with Gasteiger partial charge in [-0.2, -0.15) is 0 Å².